The van der Waals surface area contributed by atoms with Crippen molar-refractivity contribution >= 4 is 5.91 Å². The number of amides is 1. The molecule has 0 unspecified atom stereocenters. The van der Waals surface area contributed by atoms with E-state index in [0.29, 0.717) is 24.7 Å². The summed E-state index contributed by atoms with van der Waals surface area (Å²) in [6, 6.07) is 3.58. The molecule has 2 saturated heterocycles. The van der Waals surface area contributed by atoms with Crippen LogP contribution in [0.15, 0.2) is 23.1 Å². The van der Waals surface area contributed by atoms with Crippen LogP contribution in [0.5, 0.6) is 0 Å². The first-order valence-electron chi connectivity index (χ1n) is 9.09. The van der Waals surface area contributed by atoms with Crippen molar-refractivity contribution in [2.75, 3.05) is 52.4 Å². The van der Waals surface area contributed by atoms with Crippen molar-refractivity contribution in [1.29, 1.82) is 0 Å². The lowest BCUT2D eigenvalue weighted by Crippen LogP contribution is -2.54. The van der Waals surface area contributed by atoms with Crippen LogP contribution in [0.4, 0.5) is 0 Å². The van der Waals surface area contributed by atoms with E-state index in [1.165, 1.54) is 12.3 Å². The number of piperazine rings is 1. The van der Waals surface area contributed by atoms with Crippen LogP contribution in [0.3, 0.4) is 0 Å². The van der Waals surface area contributed by atoms with Gasteiger partial charge in [0.05, 0.1) is 12.7 Å². The zero-order valence-electron chi connectivity index (χ0n) is 15.1. The number of carbonyl (C=O) groups is 1. The molecule has 2 aliphatic heterocycles. The van der Waals surface area contributed by atoms with E-state index in [0.717, 1.165) is 39.3 Å². The van der Waals surface area contributed by atoms with E-state index in [1.54, 1.807) is 6.07 Å². The molecule has 0 bridgehead atoms. The molecule has 7 heteroatoms. The number of aromatic nitrogens is 1. The van der Waals surface area contributed by atoms with Gasteiger partial charge in [-0.05, 0) is 19.9 Å². The number of nitrogens with one attached hydrogen (secondary N) is 1. The SMILES string of the molecule is CC(C)N1CCO[C@@H](CN2CCN(C(=O)c3cc[nH]c(=O)c3)CC2)C1. The van der Waals surface area contributed by atoms with E-state index < -0.39 is 0 Å². The lowest BCUT2D eigenvalue weighted by molar-refractivity contribution is -0.0555. The summed E-state index contributed by atoms with van der Waals surface area (Å²) in [5, 5.41) is 0. The maximum Gasteiger partial charge on any atom is 0.254 e. The van der Waals surface area contributed by atoms with Gasteiger partial charge in [-0.25, -0.2) is 0 Å². The monoisotopic (exact) mass is 348 g/mol. The highest BCUT2D eigenvalue weighted by molar-refractivity contribution is 5.94. The summed E-state index contributed by atoms with van der Waals surface area (Å²) in [5.74, 6) is -0.0642. The quantitative estimate of drug-likeness (QED) is 0.844. The summed E-state index contributed by atoms with van der Waals surface area (Å²) in [6.07, 6.45) is 1.76. The Balaban J connectivity index is 1.48. The van der Waals surface area contributed by atoms with Crippen molar-refractivity contribution in [3.05, 3.63) is 34.2 Å². The molecule has 2 aliphatic rings. The average molecular weight is 348 g/mol. The summed E-state index contributed by atoms with van der Waals surface area (Å²) >= 11 is 0. The van der Waals surface area contributed by atoms with E-state index >= 15 is 0 Å². The van der Waals surface area contributed by atoms with Gasteiger partial charge in [0, 0.05) is 69.7 Å². The number of hydrogen-bond donors (Lipinski definition) is 1. The summed E-state index contributed by atoms with van der Waals surface area (Å²) in [5.41, 5.74) is 0.217. The van der Waals surface area contributed by atoms with Gasteiger partial charge in [-0.15, -0.1) is 0 Å². The van der Waals surface area contributed by atoms with Gasteiger partial charge in [-0.1, -0.05) is 0 Å². The Bertz CT molecular complexity index is 637. The van der Waals surface area contributed by atoms with E-state index in [4.69, 9.17) is 4.74 Å². The fraction of sp³-hybridized carbons (Fsp3) is 0.667. The number of hydrogen-bond acceptors (Lipinski definition) is 5. The van der Waals surface area contributed by atoms with Gasteiger partial charge >= 0.3 is 0 Å². The van der Waals surface area contributed by atoms with Crippen LogP contribution < -0.4 is 5.56 Å². The maximum absolute atomic E-state index is 12.5. The Hall–Kier alpha value is -1.70. The molecule has 2 fully saturated rings. The molecule has 1 atom stereocenters. The number of nitrogens with zero attached hydrogens (tertiary/aromatic N) is 3. The highest BCUT2D eigenvalue weighted by Crippen LogP contribution is 2.12. The maximum atomic E-state index is 12.5. The van der Waals surface area contributed by atoms with Crippen LogP contribution >= 0.6 is 0 Å². The van der Waals surface area contributed by atoms with Gasteiger partial charge in [0.15, 0.2) is 0 Å². The second-order valence-corrected chi connectivity index (χ2v) is 7.12. The minimum absolute atomic E-state index is 0.0642. The molecule has 3 rings (SSSR count). The number of morpholine rings is 1. The standard InChI is InChI=1S/C18H28N4O3/c1-14(2)22-9-10-25-16(13-22)12-20-5-7-21(8-6-20)18(24)15-3-4-19-17(23)11-15/h3-4,11,14,16H,5-10,12-13H2,1-2H3,(H,19,23)/t16-/m0/s1. The van der Waals surface area contributed by atoms with Gasteiger partial charge in [0.1, 0.15) is 0 Å². The number of rotatable bonds is 4. The number of ether oxygens (including phenoxy) is 1. The summed E-state index contributed by atoms with van der Waals surface area (Å²) in [7, 11) is 0. The third kappa shape index (κ3) is 4.68. The third-order valence-corrected chi connectivity index (χ3v) is 5.04. The van der Waals surface area contributed by atoms with Gasteiger partial charge in [0.2, 0.25) is 5.56 Å². The Morgan fingerprint density at radius 2 is 2.04 bits per heavy atom. The van der Waals surface area contributed by atoms with Crippen molar-refractivity contribution in [2.45, 2.75) is 26.0 Å². The zero-order valence-corrected chi connectivity index (χ0v) is 15.1. The summed E-state index contributed by atoms with van der Waals surface area (Å²) in [4.78, 5) is 33.1. The molecule has 0 aliphatic carbocycles. The Labute approximate surface area is 148 Å². The number of carbonyl (C=O) groups excluding carboxylic acids is 1. The molecule has 1 aromatic heterocycles. The molecule has 3 heterocycles. The van der Waals surface area contributed by atoms with E-state index in [9.17, 15) is 9.59 Å². The van der Waals surface area contributed by atoms with Crippen molar-refractivity contribution in [3.63, 3.8) is 0 Å². The first-order valence-corrected chi connectivity index (χ1v) is 9.09. The number of aromatic amines is 1. The predicted octanol–water partition coefficient (Wildman–Crippen LogP) is 0.242. The average Bonchev–Trinajstić information content (AvgIpc) is 2.62. The van der Waals surface area contributed by atoms with Crippen LogP contribution in [-0.4, -0.2) is 90.2 Å². The summed E-state index contributed by atoms with van der Waals surface area (Å²) in [6.45, 7) is 11.2. The second kappa shape index (κ2) is 8.12. The van der Waals surface area contributed by atoms with Crippen LogP contribution in [-0.2, 0) is 4.74 Å². The minimum Gasteiger partial charge on any atom is -0.374 e. The molecular formula is C18H28N4O3. The Morgan fingerprint density at radius 1 is 1.28 bits per heavy atom. The highest BCUT2D eigenvalue weighted by atomic mass is 16.5. The molecule has 0 spiro atoms. The van der Waals surface area contributed by atoms with Crippen LogP contribution in [0.2, 0.25) is 0 Å². The van der Waals surface area contributed by atoms with Gasteiger partial charge in [-0.2, -0.15) is 0 Å². The molecule has 0 saturated carbocycles. The van der Waals surface area contributed by atoms with Gasteiger partial charge in [0.25, 0.3) is 5.91 Å². The fourth-order valence-electron chi connectivity index (χ4n) is 3.50. The molecule has 7 nitrogen and oxygen atoms in total. The highest BCUT2D eigenvalue weighted by Gasteiger charge is 2.27. The number of pyridine rings is 1. The predicted molar refractivity (Wildman–Crippen MR) is 95.9 cm³/mol. The van der Waals surface area contributed by atoms with E-state index in [1.807, 2.05) is 4.90 Å². The minimum atomic E-state index is -0.242. The molecule has 25 heavy (non-hydrogen) atoms. The first-order chi connectivity index (χ1) is 12.0. The fourth-order valence-corrected chi connectivity index (χ4v) is 3.50. The normalized spacial score (nSPS) is 23.2. The molecule has 0 radical (unpaired) electrons. The topological polar surface area (TPSA) is 68.9 Å². The molecular weight excluding hydrogens is 320 g/mol. The third-order valence-electron chi connectivity index (χ3n) is 5.04. The molecule has 1 amide bonds. The van der Waals surface area contributed by atoms with Crippen molar-refractivity contribution in [1.82, 2.24) is 19.7 Å². The lowest BCUT2D eigenvalue weighted by atomic mass is 10.2. The van der Waals surface area contributed by atoms with E-state index in [-0.39, 0.29) is 17.6 Å². The Morgan fingerprint density at radius 3 is 2.72 bits per heavy atom. The van der Waals surface area contributed by atoms with Crippen LogP contribution in [0.25, 0.3) is 0 Å². The van der Waals surface area contributed by atoms with Gasteiger partial charge < -0.3 is 14.6 Å². The van der Waals surface area contributed by atoms with Crippen molar-refractivity contribution < 1.29 is 9.53 Å². The molecule has 1 N–H and O–H groups in total. The van der Waals surface area contributed by atoms with Crippen molar-refractivity contribution in [3.8, 4) is 0 Å². The molecule has 0 aromatic carbocycles. The lowest BCUT2D eigenvalue weighted by Gasteiger charge is -2.40. The van der Waals surface area contributed by atoms with Crippen molar-refractivity contribution in [2.24, 2.45) is 0 Å². The largest absolute Gasteiger partial charge is 0.374 e. The van der Waals surface area contributed by atoms with E-state index in [2.05, 4.69) is 28.6 Å². The molecule has 138 valence electrons. The van der Waals surface area contributed by atoms with Gasteiger partial charge in [-0.3, -0.25) is 19.4 Å². The van der Waals surface area contributed by atoms with Crippen LogP contribution in [0.1, 0.15) is 24.2 Å². The molecule has 1 aromatic rings. The smallest absolute Gasteiger partial charge is 0.254 e. The Kier molecular flexibility index (Phi) is 5.88. The first kappa shape index (κ1) is 18.1. The second-order valence-electron chi connectivity index (χ2n) is 7.12. The number of H-pyrrole nitrogens is 1. The van der Waals surface area contributed by atoms with Crippen LogP contribution in [0, 0.1) is 0 Å². The zero-order chi connectivity index (χ0) is 17.8. The summed E-state index contributed by atoms with van der Waals surface area (Å²) < 4.78 is 5.92.